The fourth-order valence-electron chi connectivity index (χ4n) is 2.05. The molecule has 0 radical (unpaired) electrons. The second kappa shape index (κ2) is 6.56. The van der Waals surface area contributed by atoms with Gasteiger partial charge in [-0.2, -0.15) is 13.2 Å². The van der Waals surface area contributed by atoms with Gasteiger partial charge in [-0.25, -0.2) is 0 Å². The van der Waals surface area contributed by atoms with Crippen molar-refractivity contribution in [3.05, 3.63) is 29.8 Å². The van der Waals surface area contributed by atoms with E-state index in [9.17, 15) is 23.1 Å². The van der Waals surface area contributed by atoms with Crippen LogP contribution in [-0.4, -0.2) is 30.3 Å². The van der Waals surface area contributed by atoms with Crippen LogP contribution in [0.4, 0.5) is 13.2 Å². The van der Waals surface area contributed by atoms with E-state index in [-0.39, 0.29) is 30.7 Å². The molecule has 1 aliphatic rings. The molecule has 0 aromatic heterocycles. The predicted molar refractivity (Wildman–Crippen MR) is 73.2 cm³/mol. The van der Waals surface area contributed by atoms with Crippen LogP contribution in [0, 0.1) is 11.8 Å². The van der Waals surface area contributed by atoms with E-state index in [1.165, 1.54) is 12.1 Å². The van der Waals surface area contributed by atoms with E-state index >= 15 is 0 Å². The highest BCUT2D eigenvalue weighted by molar-refractivity contribution is 5.81. The van der Waals surface area contributed by atoms with E-state index in [1.54, 1.807) is 0 Å². The fourth-order valence-corrected chi connectivity index (χ4v) is 2.05. The largest absolute Gasteiger partial charge is 0.491 e. The Morgan fingerprint density at radius 2 is 2.18 bits per heavy atom. The molecule has 3 unspecified atom stereocenters. The van der Waals surface area contributed by atoms with Gasteiger partial charge in [0.25, 0.3) is 0 Å². The summed E-state index contributed by atoms with van der Waals surface area (Å²) in [5.74, 6) is 0.303. The third-order valence-electron chi connectivity index (χ3n) is 3.56. The van der Waals surface area contributed by atoms with Gasteiger partial charge in [-0.1, -0.05) is 13.0 Å². The fraction of sp³-hybridized carbons (Fsp3) is 0.533. The summed E-state index contributed by atoms with van der Waals surface area (Å²) in [4.78, 5) is 11.6. The van der Waals surface area contributed by atoms with Crippen molar-refractivity contribution in [1.82, 2.24) is 5.32 Å². The van der Waals surface area contributed by atoms with Crippen LogP contribution >= 0.6 is 0 Å². The Balaban J connectivity index is 1.76. The van der Waals surface area contributed by atoms with Crippen LogP contribution in [0.1, 0.15) is 18.9 Å². The van der Waals surface area contributed by atoms with Crippen molar-refractivity contribution in [2.45, 2.75) is 25.6 Å². The number of hydrogen-bond acceptors (Lipinski definition) is 3. The normalized spacial score (nSPS) is 22.0. The molecule has 1 aromatic rings. The van der Waals surface area contributed by atoms with E-state index in [4.69, 9.17) is 4.74 Å². The number of nitrogens with one attached hydrogen (secondary N) is 1. The number of aliphatic hydroxyl groups excluding tert-OH is 1. The summed E-state index contributed by atoms with van der Waals surface area (Å²) in [6, 6.07) is 4.44. The van der Waals surface area contributed by atoms with Crippen molar-refractivity contribution < 1.29 is 27.8 Å². The van der Waals surface area contributed by atoms with Gasteiger partial charge in [-0.05, 0) is 30.5 Å². The first-order valence-electron chi connectivity index (χ1n) is 7.03. The van der Waals surface area contributed by atoms with Gasteiger partial charge in [0.05, 0.1) is 5.56 Å². The highest BCUT2D eigenvalue weighted by Crippen LogP contribution is 2.37. The maximum Gasteiger partial charge on any atom is 0.416 e. The van der Waals surface area contributed by atoms with Crippen LogP contribution < -0.4 is 10.1 Å². The number of benzene rings is 1. The molecule has 0 saturated heterocycles. The molecule has 4 nitrogen and oxygen atoms in total. The first kappa shape index (κ1) is 16.6. The maximum atomic E-state index is 12.5. The zero-order valence-corrected chi connectivity index (χ0v) is 12.1. The lowest BCUT2D eigenvalue weighted by atomic mass is 10.2. The summed E-state index contributed by atoms with van der Waals surface area (Å²) in [7, 11) is 0. The van der Waals surface area contributed by atoms with Gasteiger partial charge < -0.3 is 15.2 Å². The molecule has 1 fully saturated rings. The summed E-state index contributed by atoms with van der Waals surface area (Å²) in [5.41, 5.74) is -0.810. The number of ether oxygens (including phenoxy) is 1. The number of halogens is 3. The Labute approximate surface area is 126 Å². The molecule has 0 spiro atoms. The maximum absolute atomic E-state index is 12.5. The first-order valence-corrected chi connectivity index (χ1v) is 7.03. The zero-order chi connectivity index (χ0) is 16.3. The number of amides is 1. The molecule has 2 rings (SSSR count). The molecule has 1 aromatic carbocycles. The average molecular weight is 317 g/mol. The molecule has 7 heteroatoms. The van der Waals surface area contributed by atoms with E-state index in [2.05, 4.69) is 5.32 Å². The van der Waals surface area contributed by atoms with Gasteiger partial charge in [0.2, 0.25) is 5.91 Å². The van der Waals surface area contributed by atoms with E-state index < -0.39 is 17.8 Å². The molecule has 3 atom stereocenters. The van der Waals surface area contributed by atoms with Gasteiger partial charge in [0.1, 0.15) is 18.5 Å². The van der Waals surface area contributed by atoms with Crippen molar-refractivity contribution in [2.24, 2.45) is 11.8 Å². The second-order valence-electron chi connectivity index (χ2n) is 5.56. The summed E-state index contributed by atoms with van der Waals surface area (Å²) < 4.78 is 42.7. The Morgan fingerprint density at radius 1 is 1.50 bits per heavy atom. The summed E-state index contributed by atoms with van der Waals surface area (Å²) in [6.07, 6.45) is -4.57. The van der Waals surface area contributed by atoms with Crippen LogP contribution in [0.5, 0.6) is 5.75 Å². The topological polar surface area (TPSA) is 58.6 Å². The van der Waals surface area contributed by atoms with Crippen LogP contribution in [0.3, 0.4) is 0 Å². The Kier molecular flexibility index (Phi) is 4.95. The third kappa shape index (κ3) is 4.62. The van der Waals surface area contributed by atoms with Crippen molar-refractivity contribution in [3.63, 3.8) is 0 Å². The lowest BCUT2D eigenvalue weighted by Crippen LogP contribution is -2.36. The number of rotatable bonds is 6. The number of alkyl halides is 3. The minimum absolute atomic E-state index is 0.0107. The van der Waals surface area contributed by atoms with E-state index in [0.29, 0.717) is 5.92 Å². The number of carbonyl (C=O) groups excluding carboxylic acids is 1. The van der Waals surface area contributed by atoms with E-state index in [1.807, 2.05) is 6.92 Å². The molecule has 1 aliphatic carbocycles. The standard InChI is InChI=1S/C15H18F3NO3/c1-9-5-13(9)14(21)19-7-11(20)8-22-12-4-2-3-10(6-12)15(16,17)18/h2-4,6,9,11,13,20H,5,7-8H2,1H3,(H,19,21). The van der Waals surface area contributed by atoms with E-state index in [0.717, 1.165) is 18.6 Å². The highest BCUT2D eigenvalue weighted by Gasteiger charge is 2.39. The van der Waals surface area contributed by atoms with Crippen LogP contribution in [0.25, 0.3) is 0 Å². The zero-order valence-electron chi connectivity index (χ0n) is 12.1. The van der Waals surface area contributed by atoms with Crippen LogP contribution in [-0.2, 0) is 11.0 Å². The first-order chi connectivity index (χ1) is 10.3. The van der Waals surface area contributed by atoms with Gasteiger partial charge in [-0.3, -0.25) is 4.79 Å². The van der Waals surface area contributed by atoms with Crippen molar-refractivity contribution in [3.8, 4) is 5.75 Å². The number of hydrogen-bond donors (Lipinski definition) is 2. The summed E-state index contributed by atoms with van der Waals surface area (Å²) in [6.45, 7) is 1.79. The minimum atomic E-state index is -4.44. The lowest BCUT2D eigenvalue weighted by Gasteiger charge is -2.14. The molecular weight excluding hydrogens is 299 g/mol. The Bertz CT molecular complexity index is 533. The summed E-state index contributed by atoms with van der Waals surface area (Å²) >= 11 is 0. The molecule has 0 aliphatic heterocycles. The SMILES string of the molecule is CC1CC1C(=O)NCC(O)COc1cccc(C(F)(F)F)c1. The monoisotopic (exact) mass is 317 g/mol. The molecule has 0 heterocycles. The summed E-state index contributed by atoms with van der Waals surface area (Å²) in [5, 5.41) is 12.3. The average Bonchev–Trinajstić information content (AvgIpc) is 3.19. The molecule has 0 bridgehead atoms. The lowest BCUT2D eigenvalue weighted by molar-refractivity contribution is -0.137. The van der Waals surface area contributed by atoms with Crippen molar-refractivity contribution >= 4 is 5.91 Å². The third-order valence-corrected chi connectivity index (χ3v) is 3.56. The van der Waals surface area contributed by atoms with Gasteiger partial charge in [0, 0.05) is 12.5 Å². The van der Waals surface area contributed by atoms with Gasteiger partial charge >= 0.3 is 6.18 Å². The highest BCUT2D eigenvalue weighted by atomic mass is 19.4. The molecular formula is C15H18F3NO3. The van der Waals surface area contributed by atoms with Crippen LogP contribution in [0.2, 0.25) is 0 Å². The number of aliphatic hydroxyl groups is 1. The molecule has 2 N–H and O–H groups in total. The van der Waals surface area contributed by atoms with Crippen molar-refractivity contribution in [2.75, 3.05) is 13.2 Å². The molecule has 1 amide bonds. The minimum Gasteiger partial charge on any atom is -0.491 e. The van der Waals surface area contributed by atoms with Gasteiger partial charge in [-0.15, -0.1) is 0 Å². The predicted octanol–water partition coefficient (Wildman–Crippen LogP) is 2.22. The molecule has 122 valence electrons. The van der Waals surface area contributed by atoms with Gasteiger partial charge in [0.15, 0.2) is 0 Å². The Morgan fingerprint density at radius 3 is 2.77 bits per heavy atom. The van der Waals surface area contributed by atoms with Crippen molar-refractivity contribution in [1.29, 1.82) is 0 Å². The smallest absolute Gasteiger partial charge is 0.416 e. The molecule has 22 heavy (non-hydrogen) atoms. The molecule has 1 saturated carbocycles. The second-order valence-corrected chi connectivity index (χ2v) is 5.56. The Hall–Kier alpha value is -1.76. The van der Waals surface area contributed by atoms with Crippen LogP contribution in [0.15, 0.2) is 24.3 Å². The quantitative estimate of drug-likeness (QED) is 0.846. The number of carbonyl (C=O) groups is 1.